The van der Waals surface area contributed by atoms with Crippen LogP contribution in [0.1, 0.15) is 22.8 Å². The van der Waals surface area contributed by atoms with E-state index in [-0.39, 0.29) is 12.2 Å². The molecule has 28 heavy (non-hydrogen) atoms. The molecule has 2 aromatic carbocycles. The first kappa shape index (κ1) is 21.2. The van der Waals surface area contributed by atoms with Crippen molar-refractivity contribution in [3.63, 3.8) is 0 Å². The topological polar surface area (TPSA) is 88.4 Å². The quantitative estimate of drug-likeness (QED) is 0.313. The van der Waals surface area contributed by atoms with Gasteiger partial charge in [-0.15, -0.1) is 0 Å². The molecular weight excluding hydrogens is 380 g/mol. The summed E-state index contributed by atoms with van der Waals surface area (Å²) < 4.78 is 10.2. The summed E-state index contributed by atoms with van der Waals surface area (Å²) in [5.41, 5.74) is 1.43. The first-order valence-electron chi connectivity index (χ1n) is 8.57. The summed E-state index contributed by atoms with van der Waals surface area (Å²) in [5, 5.41) is 12.4. The number of hydrogen-bond donors (Lipinski definition) is 1. The van der Waals surface area contributed by atoms with Gasteiger partial charge in [-0.3, -0.25) is 4.79 Å². The van der Waals surface area contributed by atoms with Crippen molar-refractivity contribution < 1.29 is 19.1 Å². The number of halogens is 1. The number of nitriles is 1. The Bertz CT molecular complexity index is 884. The summed E-state index contributed by atoms with van der Waals surface area (Å²) in [7, 11) is 0. The van der Waals surface area contributed by atoms with Crippen molar-refractivity contribution in [2.75, 3.05) is 25.1 Å². The maximum atomic E-state index is 12.3. The third kappa shape index (κ3) is 6.54. The number of carbonyl (C=O) groups excluding carboxylic acids is 2. The van der Waals surface area contributed by atoms with Crippen LogP contribution in [0.2, 0.25) is 5.02 Å². The predicted octanol–water partition coefficient (Wildman–Crippen LogP) is 4.08. The zero-order valence-electron chi connectivity index (χ0n) is 15.3. The normalized spacial score (nSPS) is 10.8. The standard InChI is InChI=1S/C21H19ClN2O4/c1-2-27-11-12-28-21(26)16-5-9-19(10-6-16)24-20(25)17(14-23)13-15-3-7-18(22)8-4-15/h3-10,13H,2,11-12H2,1H3,(H,24,25)/b17-13+. The van der Waals surface area contributed by atoms with E-state index in [9.17, 15) is 14.9 Å². The van der Waals surface area contributed by atoms with Gasteiger partial charge < -0.3 is 14.8 Å². The minimum Gasteiger partial charge on any atom is -0.460 e. The van der Waals surface area contributed by atoms with Crippen LogP contribution in [0.25, 0.3) is 6.08 Å². The Labute approximate surface area is 168 Å². The summed E-state index contributed by atoms with van der Waals surface area (Å²) in [4.78, 5) is 24.2. The maximum Gasteiger partial charge on any atom is 0.338 e. The third-order valence-electron chi connectivity index (χ3n) is 3.59. The van der Waals surface area contributed by atoms with Crippen LogP contribution in [0.5, 0.6) is 0 Å². The second-order valence-electron chi connectivity index (χ2n) is 5.59. The number of anilines is 1. The van der Waals surface area contributed by atoms with Crippen molar-refractivity contribution >= 4 is 35.2 Å². The zero-order chi connectivity index (χ0) is 20.4. The van der Waals surface area contributed by atoms with Gasteiger partial charge in [0.25, 0.3) is 5.91 Å². The van der Waals surface area contributed by atoms with Gasteiger partial charge in [0.1, 0.15) is 18.2 Å². The van der Waals surface area contributed by atoms with E-state index in [0.717, 1.165) is 0 Å². The highest BCUT2D eigenvalue weighted by atomic mass is 35.5. The molecule has 0 atom stereocenters. The fraction of sp³-hybridized carbons (Fsp3) is 0.190. The maximum absolute atomic E-state index is 12.3. The minimum atomic E-state index is -0.551. The van der Waals surface area contributed by atoms with Gasteiger partial charge in [-0.05, 0) is 55.0 Å². The summed E-state index contributed by atoms with van der Waals surface area (Å²) in [5.74, 6) is -1.03. The van der Waals surface area contributed by atoms with E-state index in [1.165, 1.54) is 18.2 Å². The second kappa shape index (κ2) is 10.9. The summed E-state index contributed by atoms with van der Waals surface area (Å²) in [6.07, 6.45) is 1.47. The molecule has 144 valence electrons. The van der Waals surface area contributed by atoms with Gasteiger partial charge in [0.2, 0.25) is 0 Å². The number of nitrogens with zero attached hydrogens (tertiary/aromatic N) is 1. The molecule has 0 unspecified atom stereocenters. The molecule has 0 bridgehead atoms. The highest BCUT2D eigenvalue weighted by Crippen LogP contribution is 2.15. The third-order valence-corrected chi connectivity index (χ3v) is 3.84. The van der Waals surface area contributed by atoms with E-state index >= 15 is 0 Å². The summed E-state index contributed by atoms with van der Waals surface area (Å²) in [6.45, 7) is 2.93. The van der Waals surface area contributed by atoms with Crippen molar-refractivity contribution in [3.8, 4) is 6.07 Å². The van der Waals surface area contributed by atoms with E-state index < -0.39 is 11.9 Å². The Morgan fingerprint density at radius 3 is 2.39 bits per heavy atom. The van der Waals surface area contributed by atoms with Crippen molar-refractivity contribution in [2.45, 2.75) is 6.92 Å². The van der Waals surface area contributed by atoms with Crippen LogP contribution in [-0.4, -0.2) is 31.7 Å². The Hall–Kier alpha value is -3.14. The van der Waals surface area contributed by atoms with Crippen molar-refractivity contribution in [1.29, 1.82) is 5.26 Å². The van der Waals surface area contributed by atoms with Crippen LogP contribution in [0.4, 0.5) is 5.69 Å². The van der Waals surface area contributed by atoms with Crippen LogP contribution in [0.15, 0.2) is 54.1 Å². The number of benzene rings is 2. The first-order chi connectivity index (χ1) is 13.5. The van der Waals surface area contributed by atoms with Gasteiger partial charge in [0.05, 0.1) is 12.2 Å². The van der Waals surface area contributed by atoms with Crippen LogP contribution in [0.3, 0.4) is 0 Å². The van der Waals surface area contributed by atoms with E-state index in [2.05, 4.69) is 5.32 Å². The molecule has 1 N–H and O–H groups in total. The molecule has 0 fully saturated rings. The number of esters is 1. The molecule has 0 heterocycles. The highest BCUT2D eigenvalue weighted by Gasteiger charge is 2.11. The molecule has 2 rings (SSSR count). The van der Waals surface area contributed by atoms with Crippen LogP contribution >= 0.6 is 11.6 Å². The number of carbonyl (C=O) groups is 2. The average molecular weight is 399 g/mol. The molecule has 0 aliphatic rings. The molecule has 0 aliphatic heterocycles. The Kier molecular flexibility index (Phi) is 8.22. The van der Waals surface area contributed by atoms with Crippen LogP contribution in [0, 0.1) is 11.3 Å². The van der Waals surface area contributed by atoms with E-state index in [0.29, 0.717) is 35.1 Å². The first-order valence-corrected chi connectivity index (χ1v) is 8.95. The molecule has 0 radical (unpaired) electrons. The fourth-order valence-corrected chi connectivity index (χ4v) is 2.31. The summed E-state index contributed by atoms with van der Waals surface area (Å²) >= 11 is 5.82. The molecule has 6 nitrogen and oxygen atoms in total. The number of amides is 1. The Morgan fingerprint density at radius 2 is 1.79 bits per heavy atom. The van der Waals surface area contributed by atoms with Gasteiger partial charge in [-0.1, -0.05) is 23.7 Å². The lowest BCUT2D eigenvalue weighted by molar-refractivity contribution is -0.112. The SMILES string of the molecule is CCOCCOC(=O)c1ccc(NC(=O)/C(C#N)=C/c2ccc(Cl)cc2)cc1. The van der Waals surface area contributed by atoms with Gasteiger partial charge in [-0.2, -0.15) is 5.26 Å². The Balaban J connectivity index is 1.98. The zero-order valence-corrected chi connectivity index (χ0v) is 16.0. The van der Waals surface area contributed by atoms with E-state index in [1.54, 1.807) is 36.4 Å². The number of rotatable bonds is 8. The molecule has 0 saturated heterocycles. The fourth-order valence-electron chi connectivity index (χ4n) is 2.18. The van der Waals surface area contributed by atoms with E-state index in [4.69, 9.17) is 21.1 Å². The number of hydrogen-bond acceptors (Lipinski definition) is 5. The molecule has 2 aromatic rings. The predicted molar refractivity (Wildman–Crippen MR) is 107 cm³/mol. The number of ether oxygens (including phenoxy) is 2. The highest BCUT2D eigenvalue weighted by molar-refractivity contribution is 6.30. The largest absolute Gasteiger partial charge is 0.460 e. The van der Waals surface area contributed by atoms with Crippen molar-refractivity contribution in [3.05, 3.63) is 70.3 Å². The molecule has 0 aromatic heterocycles. The molecule has 0 saturated carbocycles. The van der Waals surface area contributed by atoms with Crippen molar-refractivity contribution in [2.24, 2.45) is 0 Å². The van der Waals surface area contributed by atoms with Crippen LogP contribution < -0.4 is 5.32 Å². The molecule has 0 spiro atoms. The monoisotopic (exact) mass is 398 g/mol. The van der Waals surface area contributed by atoms with E-state index in [1.807, 2.05) is 13.0 Å². The Morgan fingerprint density at radius 1 is 1.11 bits per heavy atom. The minimum absolute atomic E-state index is 0.0540. The van der Waals surface area contributed by atoms with Crippen molar-refractivity contribution in [1.82, 2.24) is 0 Å². The van der Waals surface area contributed by atoms with Gasteiger partial charge in [0, 0.05) is 17.3 Å². The van der Waals surface area contributed by atoms with Crippen LogP contribution in [-0.2, 0) is 14.3 Å². The number of nitrogens with one attached hydrogen (secondary N) is 1. The van der Waals surface area contributed by atoms with Gasteiger partial charge in [0.15, 0.2) is 0 Å². The molecule has 7 heteroatoms. The second-order valence-corrected chi connectivity index (χ2v) is 6.02. The average Bonchev–Trinajstić information content (AvgIpc) is 2.71. The molecular formula is C21H19ClN2O4. The molecule has 1 amide bonds. The smallest absolute Gasteiger partial charge is 0.338 e. The lowest BCUT2D eigenvalue weighted by atomic mass is 10.1. The van der Waals surface area contributed by atoms with Gasteiger partial charge in [-0.25, -0.2) is 4.79 Å². The summed E-state index contributed by atoms with van der Waals surface area (Å²) in [6, 6.07) is 14.8. The lowest BCUT2D eigenvalue weighted by Gasteiger charge is -2.07. The lowest BCUT2D eigenvalue weighted by Crippen LogP contribution is -2.14. The van der Waals surface area contributed by atoms with Gasteiger partial charge >= 0.3 is 5.97 Å². The molecule has 0 aliphatic carbocycles.